The summed E-state index contributed by atoms with van der Waals surface area (Å²) in [4.78, 5) is 13.7. The van der Waals surface area contributed by atoms with Crippen molar-refractivity contribution in [3.8, 4) is 0 Å². The molecule has 3 rings (SSSR count). The normalized spacial score (nSPS) is 14.2. The van der Waals surface area contributed by atoms with Gasteiger partial charge >= 0.3 is 5.63 Å². The Balaban J connectivity index is 2.08. The SMILES string of the molecule is CN(CCO)Cc1cc(=O)oc2cc3c(cc12)CCC3. The van der Waals surface area contributed by atoms with Gasteiger partial charge in [0.15, 0.2) is 0 Å². The second-order valence-corrected chi connectivity index (χ2v) is 5.52. The van der Waals surface area contributed by atoms with Crippen molar-refractivity contribution in [1.82, 2.24) is 4.90 Å². The Kier molecular flexibility index (Phi) is 3.59. The second kappa shape index (κ2) is 5.38. The minimum Gasteiger partial charge on any atom is -0.423 e. The number of rotatable bonds is 4. The fourth-order valence-corrected chi connectivity index (χ4v) is 2.97. The average molecular weight is 273 g/mol. The molecule has 1 aliphatic rings. The van der Waals surface area contributed by atoms with Gasteiger partial charge in [0.2, 0.25) is 0 Å². The number of likely N-dealkylation sites (N-methyl/N-ethyl adjacent to an activating group) is 1. The largest absolute Gasteiger partial charge is 0.423 e. The summed E-state index contributed by atoms with van der Waals surface area (Å²) < 4.78 is 5.35. The summed E-state index contributed by atoms with van der Waals surface area (Å²) in [6, 6.07) is 5.76. The van der Waals surface area contributed by atoms with Gasteiger partial charge in [-0.3, -0.25) is 4.90 Å². The van der Waals surface area contributed by atoms with Crippen LogP contribution in [-0.2, 0) is 19.4 Å². The van der Waals surface area contributed by atoms with Crippen LogP contribution in [0.2, 0.25) is 0 Å². The van der Waals surface area contributed by atoms with Crippen molar-refractivity contribution in [3.63, 3.8) is 0 Å². The highest BCUT2D eigenvalue weighted by molar-refractivity contribution is 5.82. The predicted octanol–water partition coefficient (Wildman–Crippen LogP) is 1.71. The van der Waals surface area contributed by atoms with Crippen LogP contribution in [0.25, 0.3) is 11.0 Å². The number of aliphatic hydroxyl groups excluding tert-OH is 1. The summed E-state index contributed by atoms with van der Waals surface area (Å²) >= 11 is 0. The lowest BCUT2D eigenvalue weighted by Crippen LogP contribution is -2.22. The van der Waals surface area contributed by atoms with Gasteiger partial charge in [-0.1, -0.05) is 0 Å². The first kappa shape index (κ1) is 13.3. The van der Waals surface area contributed by atoms with Crippen molar-refractivity contribution in [3.05, 3.63) is 45.3 Å². The van der Waals surface area contributed by atoms with Crippen molar-refractivity contribution < 1.29 is 9.52 Å². The predicted molar refractivity (Wildman–Crippen MR) is 77.9 cm³/mol. The lowest BCUT2D eigenvalue weighted by molar-refractivity contribution is 0.217. The molecule has 0 spiro atoms. The fourth-order valence-electron chi connectivity index (χ4n) is 2.97. The lowest BCUT2D eigenvalue weighted by atomic mass is 10.0. The Morgan fingerprint density at radius 2 is 2.00 bits per heavy atom. The van der Waals surface area contributed by atoms with E-state index in [2.05, 4.69) is 6.07 Å². The summed E-state index contributed by atoms with van der Waals surface area (Å²) in [7, 11) is 1.93. The van der Waals surface area contributed by atoms with Gasteiger partial charge in [-0.05, 0) is 55.1 Å². The average Bonchev–Trinajstić information content (AvgIpc) is 2.83. The van der Waals surface area contributed by atoms with E-state index in [4.69, 9.17) is 9.52 Å². The van der Waals surface area contributed by atoms with Gasteiger partial charge in [0.25, 0.3) is 0 Å². The van der Waals surface area contributed by atoms with E-state index in [-0.39, 0.29) is 12.2 Å². The van der Waals surface area contributed by atoms with Crippen LogP contribution < -0.4 is 5.63 Å². The van der Waals surface area contributed by atoms with Crippen LogP contribution >= 0.6 is 0 Å². The number of hydrogen-bond donors (Lipinski definition) is 1. The van der Waals surface area contributed by atoms with Gasteiger partial charge in [0.1, 0.15) is 5.58 Å². The van der Waals surface area contributed by atoms with E-state index < -0.39 is 0 Å². The molecule has 4 nitrogen and oxygen atoms in total. The third kappa shape index (κ3) is 2.49. The third-order valence-electron chi connectivity index (χ3n) is 3.96. The second-order valence-electron chi connectivity index (χ2n) is 5.52. The minimum atomic E-state index is -0.303. The highest BCUT2D eigenvalue weighted by atomic mass is 16.4. The number of benzene rings is 1. The van der Waals surface area contributed by atoms with Gasteiger partial charge < -0.3 is 9.52 Å². The van der Waals surface area contributed by atoms with E-state index in [1.807, 2.05) is 18.0 Å². The van der Waals surface area contributed by atoms with Crippen molar-refractivity contribution in [2.75, 3.05) is 20.2 Å². The molecule has 0 aliphatic heterocycles. The molecule has 0 saturated heterocycles. The maximum Gasteiger partial charge on any atom is 0.336 e. The Labute approximate surface area is 117 Å². The van der Waals surface area contributed by atoms with E-state index in [0.717, 1.165) is 23.8 Å². The van der Waals surface area contributed by atoms with Gasteiger partial charge in [0.05, 0.1) is 6.61 Å². The first-order valence-electron chi connectivity index (χ1n) is 7.05. The highest BCUT2D eigenvalue weighted by Crippen LogP contribution is 2.28. The Bertz CT molecular complexity index is 690. The molecule has 106 valence electrons. The Hall–Kier alpha value is -1.65. The van der Waals surface area contributed by atoms with Crippen molar-refractivity contribution >= 4 is 11.0 Å². The van der Waals surface area contributed by atoms with Crippen molar-refractivity contribution in [2.24, 2.45) is 0 Å². The molecule has 1 aromatic heterocycles. The summed E-state index contributed by atoms with van der Waals surface area (Å²) in [5, 5.41) is 10.0. The van der Waals surface area contributed by atoms with Gasteiger partial charge in [0, 0.05) is 24.5 Å². The molecule has 0 atom stereocenters. The number of fused-ring (bicyclic) bond motifs is 2. The van der Waals surface area contributed by atoms with E-state index in [0.29, 0.717) is 18.7 Å². The highest BCUT2D eigenvalue weighted by Gasteiger charge is 2.15. The van der Waals surface area contributed by atoms with Crippen LogP contribution in [0.15, 0.2) is 27.4 Å². The molecule has 1 aliphatic carbocycles. The summed E-state index contributed by atoms with van der Waals surface area (Å²) in [6.45, 7) is 1.35. The zero-order chi connectivity index (χ0) is 14.1. The van der Waals surface area contributed by atoms with Crippen LogP contribution in [0.1, 0.15) is 23.1 Å². The first-order valence-corrected chi connectivity index (χ1v) is 7.05. The van der Waals surface area contributed by atoms with Crippen LogP contribution in [0.5, 0.6) is 0 Å². The van der Waals surface area contributed by atoms with Crippen LogP contribution in [0.3, 0.4) is 0 Å². The smallest absolute Gasteiger partial charge is 0.336 e. The molecule has 1 aromatic carbocycles. The van der Waals surface area contributed by atoms with Crippen molar-refractivity contribution in [2.45, 2.75) is 25.8 Å². The van der Waals surface area contributed by atoms with Crippen LogP contribution in [0.4, 0.5) is 0 Å². The third-order valence-corrected chi connectivity index (χ3v) is 3.96. The quantitative estimate of drug-likeness (QED) is 0.862. The summed E-state index contributed by atoms with van der Waals surface area (Å²) in [5.41, 5.74) is 4.04. The number of hydrogen-bond acceptors (Lipinski definition) is 4. The number of aryl methyl sites for hydroxylation is 2. The molecule has 0 fully saturated rings. The molecular weight excluding hydrogens is 254 g/mol. The molecular formula is C16H19NO3. The molecule has 4 heteroatoms. The number of nitrogens with zero attached hydrogens (tertiary/aromatic N) is 1. The van der Waals surface area contributed by atoms with Crippen LogP contribution in [-0.4, -0.2) is 30.2 Å². The lowest BCUT2D eigenvalue weighted by Gasteiger charge is -2.16. The molecule has 20 heavy (non-hydrogen) atoms. The van der Waals surface area contributed by atoms with E-state index in [9.17, 15) is 4.79 Å². The molecule has 0 saturated carbocycles. The van der Waals surface area contributed by atoms with Crippen molar-refractivity contribution in [1.29, 1.82) is 0 Å². The zero-order valence-corrected chi connectivity index (χ0v) is 11.7. The van der Waals surface area contributed by atoms with Gasteiger partial charge in [-0.15, -0.1) is 0 Å². The van der Waals surface area contributed by atoms with E-state index in [1.165, 1.54) is 17.5 Å². The fraction of sp³-hybridized carbons (Fsp3) is 0.438. The molecule has 0 amide bonds. The van der Waals surface area contributed by atoms with E-state index in [1.54, 1.807) is 6.07 Å². The Morgan fingerprint density at radius 3 is 2.75 bits per heavy atom. The zero-order valence-electron chi connectivity index (χ0n) is 11.7. The molecule has 2 aromatic rings. The molecule has 0 bridgehead atoms. The van der Waals surface area contributed by atoms with Crippen LogP contribution in [0, 0.1) is 0 Å². The Morgan fingerprint density at radius 1 is 1.25 bits per heavy atom. The number of aliphatic hydroxyl groups is 1. The maximum atomic E-state index is 11.7. The molecule has 1 N–H and O–H groups in total. The maximum absolute atomic E-state index is 11.7. The topological polar surface area (TPSA) is 53.7 Å². The molecule has 0 unspecified atom stereocenters. The van der Waals surface area contributed by atoms with E-state index >= 15 is 0 Å². The van der Waals surface area contributed by atoms with Gasteiger partial charge in [-0.25, -0.2) is 4.79 Å². The standard InChI is InChI=1S/C16H19NO3/c1-17(5-6-18)10-13-9-16(19)20-15-8-12-4-2-3-11(12)7-14(13)15/h7-9,18H,2-6,10H2,1H3. The minimum absolute atomic E-state index is 0.116. The first-order chi connectivity index (χ1) is 9.67. The summed E-state index contributed by atoms with van der Waals surface area (Å²) in [6.07, 6.45) is 3.36. The monoisotopic (exact) mass is 273 g/mol. The summed E-state index contributed by atoms with van der Waals surface area (Å²) in [5.74, 6) is 0. The molecule has 1 heterocycles. The molecule has 0 radical (unpaired) electrons. The van der Waals surface area contributed by atoms with Gasteiger partial charge in [-0.2, -0.15) is 0 Å².